The fourth-order valence-electron chi connectivity index (χ4n) is 4.37. The first kappa shape index (κ1) is 28.7. The van der Waals surface area contributed by atoms with Gasteiger partial charge in [-0.1, -0.05) is 6.07 Å². The number of benzene rings is 1. The van der Waals surface area contributed by atoms with Gasteiger partial charge in [-0.2, -0.15) is 0 Å². The summed E-state index contributed by atoms with van der Waals surface area (Å²) in [6.07, 6.45) is 2.03. The number of aryl methyl sites for hydroxylation is 1. The molecule has 0 aliphatic heterocycles. The van der Waals surface area contributed by atoms with Gasteiger partial charge in [0, 0.05) is 37.3 Å². The second-order valence-corrected chi connectivity index (χ2v) is 10.8. The average molecular weight is 556 g/mol. The molecule has 1 amide bonds. The lowest BCUT2D eigenvalue weighted by molar-refractivity contribution is 0.0281. The van der Waals surface area contributed by atoms with Gasteiger partial charge >= 0.3 is 12.1 Å². The number of anilines is 1. The van der Waals surface area contributed by atoms with Crippen molar-refractivity contribution >= 4 is 17.9 Å². The van der Waals surface area contributed by atoms with Gasteiger partial charge in [-0.05, 0) is 51.8 Å². The fourth-order valence-corrected chi connectivity index (χ4v) is 4.37. The predicted octanol–water partition coefficient (Wildman–Crippen LogP) is 4.81. The summed E-state index contributed by atoms with van der Waals surface area (Å²) in [5.74, 6) is -1.22. The second-order valence-electron chi connectivity index (χ2n) is 10.8. The molecule has 0 saturated heterocycles. The maximum Gasteiger partial charge on any atom is 0.410 e. The molecule has 1 saturated carbocycles. The summed E-state index contributed by atoms with van der Waals surface area (Å²) in [6.45, 7) is 5.53. The van der Waals surface area contributed by atoms with E-state index in [0.29, 0.717) is 28.3 Å². The second kappa shape index (κ2) is 11.0. The predicted molar refractivity (Wildman–Crippen MR) is 145 cm³/mol. The van der Waals surface area contributed by atoms with E-state index in [-0.39, 0.29) is 29.6 Å². The zero-order chi connectivity index (χ0) is 29.4. The Balaban J connectivity index is 1.71. The third kappa shape index (κ3) is 6.27. The van der Waals surface area contributed by atoms with Gasteiger partial charge in [-0.3, -0.25) is 4.68 Å². The van der Waals surface area contributed by atoms with E-state index in [1.165, 1.54) is 24.1 Å². The molecule has 12 heteroatoms. The first-order chi connectivity index (χ1) is 18.8. The number of ether oxygens (including phenoxy) is 3. The lowest BCUT2D eigenvalue weighted by Gasteiger charge is -2.25. The van der Waals surface area contributed by atoms with Gasteiger partial charge in [0.25, 0.3) is 0 Å². The number of carboxylic acids is 1. The van der Waals surface area contributed by atoms with Gasteiger partial charge in [-0.25, -0.2) is 19.0 Å². The van der Waals surface area contributed by atoms with Crippen LogP contribution in [0.5, 0.6) is 11.6 Å². The molecule has 0 radical (unpaired) electrons. The van der Waals surface area contributed by atoms with Crippen LogP contribution in [0, 0.1) is 11.7 Å². The number of carbonyl (C=O) groups excluding carboxylic acids is 1. The fraction of sp³-hybridized carbons (Fsp3) is 0.429. The van der Waals surface area contributed by atoms with Gasteiger partial charge in [0.1, 0.15) is 17.5 Å². The van der Waals surface area contributed by atoms with Crippen LogP contribution in [0.1, 0.15) is 61.3 Å². The van der Waals surface area contributed by atoms with Crippen LogP contribution in [0.15, 0.2) is 30.5 Å². The van der Waals surface area contributed by atoms with Crippen molar-refractivity contribution in [3.05, 3.63) is 53.1 Å². The van der Waals surface area contributed by atoms with Crippen LogP contribution in [0.3, 0.4) is 0 Å². The number of carbonyl (C=O) groups is 2. The molecule has 1 aromatic carbocycles. The summed E-state index contributed by atoms with van der Waals surface area (Å²) in [7, 11) is 4.84. The Labute approximate surface area is 231 Å². The number of amides is 1. The SMILES string of the molecule is COc1nn(C)c(CN(C)C(=O)OC(C)(C)C)c1-c1cnc(N)c(OC(c2ccc(F)cc2C(=O)O)C2CC2)c1. The summed E-state index contributed by atoms with van der Waals surface area (Å²) < 4.78 is 32.8. The van der Waals surface area contributed by atoms with Crippen molar-refractivity contribution in [2.75, 3.05) is 19.9 Å². The zero-order valence-corrected chi connectivity index (χ0v) is 23.4. The summed E-state index contributed by atoms with van der Waals surface area (Å²) in [5, 5.41) is 14.1. The summed E-state index contributed by atoms with van der Waals surface area (Å²) >= 11 is 0. The van der Waals surface area contributed by atoms with Crippen LogP contribution < -0.4 is 15.2 Å². The van der Waals surface area contributed by atoms with Crippen molar-refractivity contribution in [2.45, 2.75) is 51.9 Å². The number of hydrogen-bond donors (Lipinski definition) is 2. The highest BCUT2D eigenvalue weighted by Crippen LogP contribution is 2.46. The van der Waals surface area contributed by atoms with Crippen molar-refractivity contribution in [3.8, 4) is 22.8 Å². The van der Waals surface area contributed by atoms with Crippen LogP contribution >= 0.6 is 0 Å². The minimum atomic E-state index is -1.25. The monoisotopic (exact) mass is 555 g/mol. The number of methoxy groups -OCH3 is 1. The Bertz CT molecular complexity index is 1430. The Morgan fingerprint density at radius 2 is 1.98 bits per heavy atom. The Kier molecular flexibility index (Phi) is 7.90. The van der Waals surface area contributed by atoms with Gasteiger partial charge in [-0.15, -0.1) is 5.10 Å². The maximum absolute atomic E-state index is 13.9. The van der Waals surface area contributed by atoms with E-state index in [9.17, 15) is 19.1 Å². The summed E-state index contributed by atoms with van der Waals surface area (Å²) in [5.41, 5.74) is 7.52. The molecule has 3 aromatic rings. The normalized spacial score (nSPS) is 14.0. The number of pyridine rings is 1. The van der Waals surface area contributed by atoms with Crippen molar-refractivity contribution < 1.29 is 33.3 Å². The Morgan fingerprint density at radius 3 is 2.58 bits per heavy atom. The van der Waals surface area contributed by atoms with E-state index < -0.39 is 29.6 Å². The largest absolute Gasteiger partial charge is 0.482 e. The van der Waals surface area contributed by atoms with E-state index in [2.05, 4.69) is 10.1 Å². The number of nitrogens with two attached hydrogens (primary N) is 1. The lowest BCUT2D eigenvalue weighted by Crippen LogP contribution is -2.34. The highest BCUT2D eigenvalue weighted by molar-refractivity contribution is 5.89. The first-order valence-corrected chi connectivity index (χ1v) is 12.8. The quantitative estimate of drug-likeness (QED) is 0.380. The molecule has 40 heavy (non-hydrogen) atoms. The zero-order valence-electron chi connectivity index (χ0n) is 23.4. The lowest BCUT2D eigenvalue weighted by atomic mass is 9.98. The van der Waals surface area contributed by atoms with Gasteiger partial charge in [0.15, 0.2) is 11.6 Å². The van der Waals surface area contributed by atoms with Crippen LogP contribution in [-0.4, -0.2) is 56.6 Å². The molecular weight excluding hydrogens is 521 g/mol. The number of halogens is 1. The van der Waals surface area contributed by atoms with Crippen LogP contribution in [-0.2, 0) is 18.3 Å². The van der Waals surface area contributed by atoms with Crippen molar-refractivity contribution in [1.82, 2.24) is 19.7 Å². The maximum atomic E-state index is 13.9. The highest BCUT2D eigenvalue weighted by Gasteiger charge is 2.37. The molecule has 2 heterocycles. The van der Waals surface area contributed by atoms with Crippen LogP contribution in [0.2, 0.25) is 0 Å². The molecule has 214 valence electrons. The number of carboxylic acid groups (broad SMARTS) is 1. The minimum absolute atomic E-state index is 0.0394. The number of aromatic carboxylic acids is 1. The van der Waals surface area contributed by atoms with E-state index >= 15 is 0 Å². The van der Waals surface area contributed by atoms with E-state index in [0.717, 1.165) is 18.9 Å². The molecule has 0 bridgehead atoms. The third-order valence-electron chi connectivity index (χ3n) is 6.45. The number of aromatic nitrogens is 3. The molecule has 1 atom stereocenters. The first-order valence-electron chi connectivity index (χ1n) is 12.8. The van der Waals surface area contributed by atoms with Gasteiger partial charge in [0.05, 0.1) is 30.5 Å². The number of rotatable bonds is 9. The molecule has 4 rings (SSSR count). The standard InChI is InChI=1S/C28H34FN5O6/c1-28(2,3)40-27(37)33(4)14-20-22(25(38-6)32-34(20)5)16-11-21(24(30)31-13-16)39-23(15-7-8-15)18-10-9-17(29)12-19(18)26(35)36/h9-13,15,23H,7-8,14H2,1-6H3,(H2,30,31)(H,35,36). The highest BCUT2D eigenvalue weighted by atomic mass is 19.1. The molecule has 1 fully saturated rings. The third-order valence-corrected chi connectivity index (χ3v) is 6.45. The van der Waals surface area contributed by atoms with Crippen molar-refractivity contribution in [2.24, 2.45) is 13.0 Å². The molecule has 3 N–H and O–H groups in total. The number of nitrogens with zero attached hydrogens (tertiary/aromatic N) is 4. The van der Waals surface area contributed by atoms with Crippen LogP contribution in [0.25, 0.3) is 11.1 Å². The molecule has 1 aliphatic carbocycles. The summed E-state index contributed by atoms with van der Waals surface area (Å²) in [4.78, 5) is 30.3. The molecular formula is C28H34FN5O6. The minimum Gasteiger partial charge on any atom is -0.482 e. The number of nitrogen functional groups attached to an aromatic ring is 1. The van der Waals surface area contributed by atoms with Gasteiger partial charge in [0.2, 0.25) is 5.88 Å². The molecule has 1 unspecified atom stereocenters. The Hall–Kier alpha value is -4.35. The van der Waals surface area contributed by atoms with E-state index in [1.807, 2.05) is 0 Å². The number of hydrogen-bond acceptors (Lipinski definition) is 8. The topological polar surface area (TPSA) is 142 Å². The van der Waals surface area contributed by atoms with E-state index in [1.54, 1.807) is 51.8 Å². The van der Waals surface area contributed by atoms with Crippen molar-refractivity contribution in [3.63, 3.8) is 0 Å². The molecule has 11 nitrogen and oxygen atoms in total. The van der Waals surface area contributed by atoms with Crippen molar-refractivity contribution in [1.29, 1.82) is 0 Å². The molecule has 2 aromatic heterocycles. The van der Waals surface area contributed by atoms with Crippen LogP contribution in [0.4, 0.5) is 15.0 Å². The Morgan fingerprint density at radius 1 is 1.27 bits per heavy atom. The molecule has 0 spiro atoms. The molecule has 1 aliphatic rings. The van der Waals surface area contributed by atoms with E-state index in [4.69, 9.17) is 19.9 Å². The van der Waals surface area contributed by atoms with Gasteiger partial charge < -0.3 is 30.0 Å². The average Bonchev–Trinajstić information content (AvgIpc) is 3.67. The smallest absolute Gasteiger partial charge is 0.410 e. The summed E-state index contributed by atoms with van der Waals surface area (Å²) in [6, 6.07) is 5.32.